The lowest BCUT2D eigenvalue weighted by atomic mass is 9.78. The molecule has 4 fully saturated rings. The molecule has 0 amide bonds. The second-order valence-corrected chi connectivity index (χ2v) is 26.3. The molecule has 0 radical (unpaired) electrons. The van der Waals surface area contributed by atoms with Gasteiger partial charge in [0.1, 0.15) is 30.5 Å². The topological polar surface area (TPSA) is 389 Å². The summed E-state index contributed by atoms with van der Waals surface area (Å²) in [5.74, 6) is -26.1. The molecule has 0 aromatic heterocycles. The highest BCUT2D eigenvalue weighted by Crippen LogP contribution is 2.47. The van der Waals surface area contributed by atoms with Gasteiger partial charge in [0.05, 0.1) is 54.9 Å². The summed E-state index contributed by atoms with van der Waals surface area (Å²) in [5.41, 5.74) is 0. The van der Waals surface area contributed by atoms with E-state index in [1.54, 1.807) is 62.3 Å². The first-order chi connectivity index (χ1) is 46.7. The van der Waals surface area contributed by atoms with Crippen LogP contribution in [0.4, 0.5) is 0 Å². The smallest absolute Gasteiger partial charge is 0.366 e. The SMILES string of the molecule is C=CCO[C@]1(C(=O)OC)CC(C)[C@@H](C)C([C@H](OC(C)=O)[C@@H](CO[C@]2(C(=O)OC)CC(C)[C@@H](C)C([C@H](OC(C)=O)[C@@H](COC3(C(=O)OC)CC(C)[C@@H](C)C([C@H](OC(C)=O)[C@@H](CO[C@]4(C(=O)OC)CC(C)[C@@H](C)C([C@H](OC(C)=O)[C@@H](CC)OC(C)=O)O4)OC(C)=O)O3)OC(C)=O)O2)OC(C)=O)O1. The van der Waals surface area contributed by atoms with Gasteiger partial charge in [-0.15, -0.1) is 6.58 Å². The van der Waals surface area contributed by atoms with Crippen LogP contribution in [0.5, 0.6) is 0 Å². The highest BCUT2D eigenvalue weighted by molar-refractivity contribution is 5.80. The van der Waals surface area contributed by atoms with Crippen LogP contribution in [-0.2, 0) is 152 Å². The molecular formula is C68H104O32. The molecule has 32 nitrogen and oxygen atoms in total. The third kappa shape index (κ3) is 21.3. The van der Waals surface area contributed by atoms with Gasteiger partial charge in [-0.2, -0.15) is 0 Å². The monoisotopic (exact) mass is 1430 g/mol. The third-order valence-electron chi connectivity index (χ3n) is 18.8. The molecule has 0 N–H and O–H groups in total. The van der Waals surface area contributed by atoms with Crippen molar-refractivity contribution < 1.29 is 152 Å². The van der Waals surface area contributed by atoms with E-state index in [4.69, 9.17) is 94.7 Å². The lowest BCUT2D eigenvalue weighted by Crippen LogP contribution is -2.64. The van der Waals surface area contributed by atoms with Gasteiger partial charge in [-0.1, -0.05) is 68.4 Å². The van der Waals surface area contributed by atoms with Crippen LogP contribution in [0.2, 0.25) is 0 Å². The van der Waals surface area contributed by atoms with E-state index < -0.39 is 235 Å². The first kappa shape index (κ1) is 85.5. The lowest BCUT2D eigenvalue weighted by Gasteiger charge is -2.50. The molecule has 4 aliphatic rings. The average molecular weight is 1430 g/mol. The molecule has 0 aromatic carbocycles. The van der Waals surface area contributed by atoms with Crippen molar-refractivity contribution in [2.75, 3.05) is 54.9 Å². The summed E-state index contributed by atoms with van der Waals surface area (Å²) in [6, 6.07) is 0. The van der Waals surface area contributed by atoms with Crippen LogP contribution < -0.4 is 0 Å². The summed E-state index contributed by atoms with van der Waals surface area (Å²) in [4.78, 5) is 162. The normalized spacial score (nSPS) is 32.0. The molecule has 100 heavy (non-hydrogen) atoms. The molecule has 32 heteroatoms. The quantitative estimate of drug-likeness (QED) is 0.0482. The number of carbonyl (C=O) groups excluding carboxylic acids is 12. The van der Waals surface area contributed by atoms with E-state index in [1.807, 2.05) is 0 Å². The predicted molar refractivity (Wildman–Crippen MR) is 339 cm³/mol. The molecule has 9 unspecified atom stereocenters. The molecule has 0 aliphatic carbocycles. The summed E-state index contributed by atoms with van der Waals surface area (Å²) in [7, 11) is 4.21. The van der Waals surface area contributed by atoms with Gasteiger partial charge in [0.2, 0.25) is 0 Å². The number of hydrogen-bond donors (Lipinski definition) is 0. The Morgan fingerprint density at radius 2 is 0.550 bits per heavy atom. The van der Waals surface area contributed by atoms with Crippen LogP contribution in [0.1, 0.15) is 150 Å². The molecule has 0 aromatic rings. The highest BCUT2D eigenvalue weighted by atomic mass is 16.8. The van der Waals surface area contributed by atoms with Crippen molar-refractivity contribution in [1.29, 1.82) is 0 Å². The van der Waals surface area contributed by atoms with Gasteiger partial charge in [-0.05, 0) is 53.8 Å². The van der Waals surface area contributed by atoms with Gasteiger partial charge in [0.25, 0.3) is 23.1 Å². The molecule has 4 heterocycles. The van der Waals surface area contributed by atoms with Gasteiger partial charge in [0, 0.05) is 81.1 Å². The van der Waals surface area contributed by atoms with Gasteiger partial charge in [0.15, 0.2) is 42.7 Å². The average Bonchev–Trinajstić information content (AvgIpc) is 0.777. The van der Waals surface area contributed by atoms with Gasteiger partial charge >= 0.3 is 71.6 Å². The second-order valence-electron chi connectivity index (χ2n) is 26.3. The summed E-state index contributed by atoms with van der Waals surface area (Å²) in [6.07, 6.45) is -17.8. The molecule has 4 aliphatic heterocycles. The molecule has 24 atom stereocenters. The van der Waals surface area contributed by atoms with Crippen molar-refractivity contribution in [1.82, 2.24) is 0 Å². The third-order valence-corrected chi connectivity index (χ3v) is 18.8. The summed E-state index contributed by atoms with van der Waals surface area (Å²) in [5, 5.41) is 0. The minimum Gasteiger partial charge on any atom is -0.465 e. The van der Waals surface area contributed by atoms with Crippen molar-refractivity contribution in [3.8, 4) is 0 Å². The molecule has 4 rings (SSSR count). The fraction of sp³-hybridized carbons (Fsp3) is 0.794. The Balaban J connectivity index is 1.86. The number of esters is 12. The van der Waals surface area contributed by atoms with E-state index in [2.05, 4.69) is 6.58 Å². The van der Waals surface area contributed by atoms with Crippen molar-refractivity contribution in [3.63, 3.8) is 0 Å². The Morgan fingerprint density at radius 3 is 0.740 bits per heavy atom. The van der Waals surface area contributed by atoms with Crippen LogP contribution in [-0.4, -0.2) is 223 Å². The minimum absolute atomic E-state index is 0.0300. The van der Waals surface area contributed by atoms with E-state index in [0.717, 1.165) is 76.9 Å². The maximum atomic E-state index is 14.6. The van der Waals surface area contributed by atoms with Crippen molar-refractivity contribution in [2.45, 2.75) is 246 Å². The second kappa shape index (κ2) is 37.3. The molecule has 0 spiro atoms. The van der Waals surface area contributed by atoms with Crippen LogP contribution in [0.15, 0.2) is 12.7 Å². The fourth-order valence-corrected chi connectivity index (χ4v) is 13.3. The first-order valence-corrected chi connectivity index (χ1v) is 33.3. The zero-order valence-corrected chi connectivity index (χ0v) is 61.3. The highest BCUT2D eigenvalue weighted by Gasteiger charge is 2.62. The predicted octanol–water partition coefficient (Wildman–Crippen LogP) is 4.82. The van der Waals surface area contributed by atoms with Crippen molar-refractivity contribution in [3.05, 3.63) is 12.7 Å². The molecular weight excluding hydrogens is 1330 g/mol. The van der Waals surface area contributed by atoms with Gasteiger partial charge < -0.3 is 94.7 Å². The van der Waals surface area contributed by atoms with Crippen LogP contribution in [0.3, 0.4) is 0 Å². The lowest BCUT2D eigenvalue weighted by molar-refractivity contribution is -0.335. The Bertz CT molecular complexity index is 2880. The van der Waals surface area contributed by atoms with Crippen molar-refractivity contribution >= 4 is 71.6 Å². The summed E-state index contributed by atoms with van der Waals surface area (Å²) >= 11 is 0. The van der Waals surface area contributed by atoms with E-state index >= 15 is 0 Å². The van der Waals surface area contributed by atoms with E-state index in [-0.39, 0.29) is 38.7 Å². The Labute approximate surface area is 583 Å². The van der Waals surface area contributed by atoms with Crippen LogP contribution in [0, 0.1) is 47.3 Å². The number of ether oxygens (including phenoxy) is 20. The molecule has 0 saturated carbocycles. The Morgan fingerprint density at radius 1 is 0.350 bits per heavy atom. The van der Waals surface area contributed by atoms with E-state index in [9.17, 15) is 57.5 Å². The maximum Gasteiger partial charge on any atom is 0.366 e. The molecule has 0 bridgehead atoms. The Kier molecular flexibility index (Phi) is 31.9. The Hall–Kier alpha value is -6.94. The number of rotatable bonds is 33. The van der Waals surface area contributed by atoms with E-state index in [1.165, 1.54) is 13.0 Å². The first-order valence-electron chi connectivity index (χ1n) is 33.3. The maximum absolute atomic E-state index is 14.6. The van der Waals surface area contributed by atoms with E-state index in [0.29, 0.717) is 0 Å². The van der Waals surface area contributed by atoms with Crippen LogP contribution >= 0.6 is 0 Å². The fourth-order valence-electron chi connectivity index (χ4n) is 13.3. The van der Waals surface area contributed by atoms with Crippen LogP contribution in [0.25, 0.3) is 0 Å². The minimum atomic E-state index is -2.59. The van der Waals surface area contributed by atoms with Crippen molar-refractivity contribution in [2.24, 2.45) is 47.3 Å². The number of methoxy groups -OCH3 is 4. The number of hydrogen-bond acceptors (Lipinski definition) is 32. The van der Waals surface area contributed by atoms with Gasteiger partial charge in [-0.3, -0.25) is 38.4 Å². The number of carbonyl (C=O) groups is 12. The zero-order chi connectivity index (χ0) is 75.7. The molecule has 4 saturated heterocycles. The van der Waals surface area contributed by atoms with Gasteiger partial charge in [-0.25, -0.2) is 19.2 Å². The standard InChI is InChI=1S/C68H104O32/c1-23-25-85-65(61(77)81-19)26-33(3)38(8)54(97-65)58(94-46(16)74)50(90-42(12)70)30-87-67(63(79)83-21)28-35(5)40(10)56(99-67)60(96-48(18)76)52(92-44(14)72)32-88-68(64(80)84-22)29-36(6)39(9)55(100-68)59(95-47(17)75)51(91-43(13)71)31-86-66(62(78)82-20)27-34(4)37(7)53(98-66)57(93-45(15)73)49(24-2)89-41(11)69/h23,33-40,49-60H,1,24-32H2,2-22H3/t33?,34?,35?,36?,37-,38-,39-,40-,49-,50-,51-,52-,53?,54?,55?,56?,57-,58-,59-,60-,65-,66-,67-,68?/m1/s1. The summed E-state index contributed by atoms with van der Waals surface area (Å²) < 4.78 is 120. The summed E-state index contributed by atoms with van der Waals surface area (Å²) in [6.45, 7) is 24.9. The molecule has 568 valence electrons. The zero-order valence-electron chi connectivity index (χ0n) is 61.3. The largest absolute Gasteiger partial charge is 0.465 e.